The van der Waals surface area contributed by atoms with Crippen molar-refractivity contribution in [3.8, 4) is 0 Å². The van der Waals surface area contributed by atoms with Gasteiger partial charge in [0.05, 0.1) is 12.2 Å². The maximum absolute atomic E-state index is 5.84. The minimum atomic E-state index is 0.751. The summed E-state index contributed by atoms with van der Waals surface area (Å²) >= 11 is 0. The molecule has 0 atom stereocenters. The van der Waals surface area contributed by atoms with Gasteiger partial charge in [-0.2, -0.15) is 5.10 Å². The van der Waals surface area contributed by atoms with Crippen LogP contribution in [-0.4, -0.2) is 9.78 Å². The molecule has 2 aromatic rings. The predicted octanol–water partition coefficient (Wildman–Crippen LogP) is 1.92. The number of hydrogen-bond acceptors (Lipinski definition) is 3. The molecule has 0 aliphatic carbocycles. The molecule has 0 aliphatic heterocycles. The molecule has 0 aliphatic rings. The molecule has 0 fully saturated rings. The Balaban J connectivity index is 2.11. The molecule has 16 heavy (non-hydrogen) atoms. The van der Waals surface area contributed by atoms with E-state index in [1.165, 1.54) is 0 Å². The van der Waals surface area contributed by atoms with Crippen LogP contribution in [0, 0.1) is 6.92 Å². The number of aryl methyl sites for hydroxylation is 1. The summed E-state index contributed by atoms with van der Waals surface area (Å²) in [5.41, 5.74) is 9.96. The summed E-state index contributed by atoms with van der Waals surface area (Å²) in [5.74, 6) is 0. The van der Waals surface area contributed by atoms with E-state index in [4.69, 9.17) is 5.73 Å². The zero-order valence-corrected chi connectivity index (χ0v) is 9.57. The Labute approximate surface area is 95.1 Å². The average molecular weight is 216 g/mol. The van der Waals surface area contributed by atoms with Gasteiger partial charge in [0.15, 0.2) is 0 Å². The molecule has 4 heteroatoms. The molecule has 0 spiro atoms. The Morgan fingerprint density at radius 2 is 2.19 bits per heavy atom. The number of nitrogens with one attached hydrogen (secondary N) is 1. The highest BCUT2D eigenvalue weighted by molar-refractivity contribution is 5.62. The third-order valence-corrected chi connectivity index (χ3v) is 2.76. The van der Waals surface area contributed by atoms with Crippen LogP contribution in [-0.2, 0) is 13.6 Å². The van der Waals surface area contributed by atoms with Gasteiger partial charge in [-0.15, -0.1) is 0 Å². The quantitative estimate of drug-likeness (QED) is 0.771. The van der Waals surface area contributed by atoms with Crippen molar-refractivity contribution in [1.82, 2.24) is 9.78 Å². The molecular weight excluding hydrogens is 200 g/mol. The third-order valence-electron chi connectivity index (χ3n) is 2.76. The molecule has 1 aromatic carbocycles. The summed E-state index contributed by atoms with van der Waals surface area (Å²) in [6, 6.07) is 7.88. The normalized spacial score (nSPS) is 10.4. The smallest absolute Gasteiger partial charge is 0.0571 e. The predicted molar refractivity (Wildman–Crippen MR) is 66.1 cm³/mol. The number of nitrogen functional groups attached to an aromatic ring is 1. The molecule has 1 aromatic heterocycles. The van der Waals surface area contributed by atoms with E-state index in [9.17, 15) is 0 Å². The van der Waals surface area contributed by atoms with Crippen molar-refractivity contribution in [2.75, 3.05) is 11.1 Å². The first-order valence-electron chi connectivity index (χ1n) is 5.24. The molecule has 0 saturated heterocycles. The van der Waals surface area contributed by atoms with Gasteiger partial charge in [-0.3, -0.25) is 4.68 Å². The summed E-state index contributed by atoms with van der Waals surface area (Å²) in [6.07, 6.45) is 1.79. The zero-order valence-electron chi connectivity index (χ0n) is 9.57. The maximum atomic E-state index is 5.84. The van der Waals surface area contributed by atoms with Gasteiger partial charge in [-0.05, 0) is 30.7 Å². The van der Waals surface area contributed by atoms with Crippen LogP contribution in [0.5, 0.6) is 0 Å². The summed E-state index contributed by atoms with van der Waals surface area (Å²) < 4.78 is 1.86. The highest BCUT2D eigenvalue weighted by Gasteiger charge is 2.02. The molecule has 1 heterocycles. The number of benzene rings is 1. The van der Waals surface area contributed by atoms with Gasteiger partial charge >= 0.3 is 0 Å². The lowest BCUT2D eigenvalue weighted by molar-refractivity contribution is 0.720. The summed E-state index contributed by atoms with van der Waals surface area (Å²) in [4.78, 5) is 0. The first-order valence-corrected chi connectivity index (χ1v) is 5.24. The zero-order chi connectivity index (χ0) is 11.5. The summed E-state index contributed by atoms with van der Waals surface area (Å²) in [5, 5.41) is 7.48. The largest absolute Gasteiger partial charge is 0.398 e. The monoisotopic (exact) mass is 216 g/mol. The van der Waals surface area contributed by atoms with Crippen molar-refractivity contribution in [3.05, 3.63) is 41.7 Å². The van der Waals surface area contributed by atoms with Crippen molar-refractivity contribution < 1.29 is 0 Å². The van der Waals surface area contributed by atoms with E-state index in [1.807, 2.05) is 42.9 Å². The van der Waals surface area contributed by atoms with Gasteiger partial charge < -0.3 is 11.1 Å². The maximum Gasteiger partial charge on any atom is 0.0571 e. The second-order valence-electron chi connectivity index (χ2n) is 3.82. The number of nitrogens with zero attached hydrogens (tertiary/aromatic N) is 2. The van der Waals surface area contributed by atoms with Crippen LogP contribution in [0.3, 0.4) is 0 Å². The number of hydrogen-bond donors (Lipinski definition) is 2. The van der Waals surface area contributed by atoms with Crippen LogP contribution in [0.4, 0.5) is 11.4 Å². The second-order valence-corrected chi connectivity index (χ2v) is 3.82. The fraction of sp³-hybridized carbons (Fsp3) is 0.250. The van der Waals surface area contributed by atoms with Crippen LogP contribution < -0.4 is 11.1 Å². The molecular formula is C12H16N4. The minimum Gasteiger partial charge on any atom is -0.398 e. The minimum absolute atomic E-state index is 0.751. The Kier molecular flexibility index (Phi) is 2.81. The Morgan fingerprint density at radius 3 is 2.88 bits per heavy atom. The molecule has 4 nitrogen and oxygen atoms in total. The fourth-order valence-electron chi connectivity index (χ4n) is 1.61. The first kappa shape index (κ1) is 10.5. The molecule has 84 valence electrons. The van der Waals surface area contributed by atoms with Crippen LogP contribution in [0.2, 0.25) is 0 Å². The molecule has 0 unspecified atom stereocenters. The molecule has 0 bridgehead atoms. The average Bonchev–Trinajstić information content (AvgIpc) is 2.67. The van der Waals surface area contributed by atoms with Gasteiger partial charge in [0.2, 0.25) is 0 Å². The Morgan fingerprint density at radius 1 is 1.38 bits per heavy atom. The van der Waals surface area contributed by atoms with Crippen molar-refractivity contribution in [1.29, 1.82) is 0 Å². The lowest BCUT2D eigenvalue weighted by atomic mass is 10.1. The van der Waals surface area contributed by atoms with Gasteiger partial charge in [-0.1, -0.05) is 6.07 Å². The molecule has 2 rings (SSSR count). The van der Waals surface area contributed by atoms with E-state index < -0.39 is 0 Å². The van der Waals surface area contributed by atoms with E-state index in [1.54, 1.807) is 6.20 Å². The van der Waals surface area contributed by atoms with Crippen LogP contribution in [0.25, 0.3) is 0 Å². The lowest BCUT2D eigenvalue weighted by Crippen LogP contribution is -2.06. The number of anilines is 2. The van der Waals surface area contributed by atoms with Crippen molar-refractivity contribution >= 4 is 11.4 Å². The standard InChI is InChI=1S/C12H16N4/c1-9-11(13)4-3-5-12(9)14-8-10-6-7-15-16(10)2/h3-7,14H,8,13H2,1-2H3. The topological polar surface area (TPSA) is 55.9 Å². The van der Waals surface area contributed by atoms with Gasteiger partial charge in [0.25, 0.3) is 0 Å². The van der Waals surface area contributed by atoms with Gasteiger partial charge in [0, 0.05) is 24.6 Å². The van der Waals surface area contributed by atoms with E-state index in [-0.39, 0.29) is 0 Å². The van der Waals surface area contributed by atoms with Crippen molar-refractivity contribution in [2.45, 2.75) is 13.5 Å². The first-order chi connectivity index (χ1) is 7.68. The third kappa shape index (κ3) is 2.00. The highest BCUT2D eigenvalue weighted by Crippen LogP contribution is 2.20. The molecule has 0 amide bonds. The Bertz CT molecular complexity index is 488. The van der Waals surface area contributed by atoms with Crippen molar-refractivity contribution in [3.63, 3.8) is 0 Å². The summed E-state index contributed by atoms with van der Waals surface area (Å²) in [7, 11) is 1.93. The number of aromatic nitrogens is 2. The van der Waals surface area contributed by atoms with E-state index in [0.717, 1.165) is 29.2 Å². The SMILES string of the molecule is Cc1c(N)cccc1NCc1ccnn1C. The molecule has 0 saturated carbocycles. The molecule has 3 N–H and O–H groups in total. The van der Waals surface area contributed by atoms with Crippen molar-refractivity contribution in [2.24, 2.45) is 7.05 Å². The highest BCUT2D eigenvalue weighted by atomic mass is 15.3. The van der Waals surface area contributed by atoms with Crippen LogP contribution >= 0.6 is 0 Å². The van der Waals surface area contributed by atoms with E-state index in [0.29, 0.717) is 0 Å². The van der Waals surface area contributed by atoms with Gasteiger partial charge in [0.1, 0.15) is 0 Å². The fourth-order valence-corrected chi connectivity index (χ4v) is 1.61. The lowest BCUT2D eigenvalue weighted by Gasteiger charge is -2.11. The van der Waals surface area contributed by atoms with Crippen LogP contribution in [0.15, 0.2) is 30.5 Å². The van der Waals surface area contributed by atoms with Gasteiger partial charge in [-0.25, -0.2) is 0 Å². The second kappa shape index (κ2) is 4.26. The van der Waals surface area contributed by atoms with E-state index >= 15 is 0 Å². The molecule has 0 radical (unpaired) electrons. The van der Waals surface area contributed by atoms with E-state index in [2.05, 4.69) is 10.4 Å². The summed E-state index contributed by atoms with van der Waals surface area (Å²) in [6.45, 7) is 2.77. The number of rotatable bonds is 3. The Hall–Kier alpha value is -1.97. The number of nitrogens with two attached hydrogens (primary N) is 1. The van der Waals surface area contributed by atoms with Crippen LogP contribution in [0.1, 0.15) is 11.3 Å².